The van der Waals surface area contributed by atoms with Gasteiger partial charge in [0.1, 0.15) is 0 Å². The van der Waals surface area contributed by atoms with Crippen LogP contribution in [-0.4, -0.2) is 48.8 Å². The number of aryl methyl sites for hydroxylation is 8. The molecule has 0 radical (unpaired) electrons. The molecule has 650 valence electrons. The summed E-state index contributed by atoms with van der Waals surface area (Å²) in [6.45, 7) is 21.8. The summed E-state index contributed by atoms with van der Waals surface area (Å²) in [6.07, 6.45) is 8.72. The Morgan fingerprint density at radius 2 is 0.431 bits per heavy atom. The van der Waals surface area contributed by atoms with Crippen molar-refractivity contribution in [2.75, 3.05) is 24.6 Å². The number of hydrogen-bond acceptors (Lipinski definition) is 7. The fraction of sp³-hybridized carbons (Fsp3) is 0.272. The topological polar surface area (TPSA) is 119 Å². The summed E-state index contributed by atoms with van der Waals surface area (Å²) in [4.78, 5) is 0. The standard InChI is InChI=1S/2C48H50N2P2.3C2H3N.CH4.Fe.8H2S/c2*1-33-13-21-41(22-14-33)51(42-23-15-34(2)16-24-42)31-39-29-37-9-5-7-11-45(37)47(49-39)48-46-12-8-6-10-38(46)30-40(50-48)32-52(43-25-17-35(3)18-26-43)44-27-19-36(4)20-28-44;3*1-2-3;;;;;;;;;;/h2*5-28,39-40,47-50H,29-32H2,1-4H3;3*1H3;1H4;;8*1H2/q;;;;;;+2;;;;;;;;/p+2/t2*39-,40-,47-,48-;;;;;;;;;;;;;/m00............./s1. The van der Waals surface area contributed by atoms with E-state index in [4.69, 9.17) is 15.8 Å². The van der Waals surface area contributed by atoms with Crippen LogP contribution < -0.4 is 63.7 Å². The van der Waals surface area contributed by atoms with E-state index in [0.29, 0.717) is 24.2 Å². The molecule has 8 atom stereocenters. The number of rotatable bonds is 18. The fourth-order valence-electron chi connectivity index (χ4n) is 16.7. The van der Waals surface area contributed by atoms with Gasteiger partial charge in [0.25, 0.3) is 0 Å². The maximum Gasteiger partial charge on any atom is 2.00 e. The molecule has 0 spiro atoms. The number of nitrogens with zero attached hydrogens (tertiary/aromatic N) is 3. The maximum absolute atomic E-state index is 7.32. The van der Waals surface area contributed by atoms with E-state index >= 15 is 0 Å². The van der Waals surface area contributed by atoms with E-state index in [2.05, 4.69) is 368 Å². The van der Waals surface area contributed by atoms with Crippen molar-refractivity contribution in [3.8, 4) is 18.2 Å². The minimum atomic E-state index is -1.02. The first-order chi connectivity index (χ1) is 55.0. The first-order valence-electron chi connectivity index (χ1n) is 40.1. The Hall–Kier alpha value is -6.01. The van der Waals surface area contributed by atoms with Gasteiger partial charge in [0.2, 0.25) is 0 Å². The maximum atomic E-state index is 7.32. The minimum absolute atomic E-state index is 0. The number of hydrogen-bond donors (Lipinski definition) is 4. The van der Waals surface area contributed by atoms with Crippen LogP contribution in [0.1, 0.15) is 141 Å². The van der Waals surface area contributed by atoms with Crippen LogP contribution in [0.3, 0.4) is 0 Å². The Morgan fingerprint density at radius 1 is 0.268 bits per heavy atom. The van der Waals surface area contributed by atoms with Gasteiger partial charge in [-0.3, -0.25) is 0 Å². The molecule has 4 aliphatic heterocycles. The minimum Gasteiger partial charge on any atom is -0.305 e. The van der Waals surface area contributed by atoms with E-state index < -0.39 is 31.7 Å². The van der Waals surface area contributed by atoms with Crippen LogP contribution in [-0.2, 0) is 42.8 Å². The molecule has 0 unspecified atom stereocenters. The predicted octanol–water partition coefficient (Wildman–Crippen LogP) is 20.6. The Kier molecular flexibility index (Phi) is 51.8. The zero-order valence-electron chi connectivity index (χ0n) is 72.1. The zero-order chi connectivity index (χ0) is 79.3. The van der Waals surface area contributed by atoms with E-state index in [1.54, 1.807) is 18.2 Å². The van der Waals surface area contributed by atoms with E-state index in [9.17, 15) is 0 Å². The summed E-state index contributed by atoms with van der Waals surface area (Å²) in [5, 5.41) is 51.1. The largest absolute Gasteiger partial charge is 2.00 e. The van der Waals surface area contributed by atoms with Crippen molar-refractivity contribution in [3.05, 3.63) is 380 Å². The van der Waals surface area contributed by atoms with Crippen molar-refractivity contribution in [2.24, 2.45) is 0 Å². The monoisotopic (exact) mass is 1900 g/mol. The molecule has 16 rings (SSSR count). The van der Waals surface area contributed by atoms with Gasteiger partial charge in [-0.1, -0.05) is 295 Å². The van der Waals surface area contributed by atoms with Gasteiger partial charge in [0.15, 0.2) is 0 Å². The van der Waals surface area contributed by atoms with Gasteiger partial charge in [-0.2, -0.15) is 124 Å². The van der Waals surface area contributed by atoms with E-state index in [1.165, 1.54) is 152 Å². The first kappa shape index (κ1) is 113. The van der Waals surface area contributed by atoms with Gasteiger partial charge in [-0.15, -0.1) is 0 Å². The van der Waals surface area contributed by atoms with Crippen LogP contribution in [0.2, 0.25) is 0 Å². The molecular formula is C103H131FeN7P4S8+4. The van der Waals surface area contributed by atoms with Crippen molar-refractivity contribution in [1.82, 2.24) is 21.3 Å². The third kappa shape index (κ3) is 30.6. The molecule has 4 aliphatic rings. The second-order valence-corrected chi connectivity index (χ2v) is 40.6. The van der Waals surface area contributed by atoms with Crippen LogP contribution in [0.25, 0.3) is 0 Å². The fourth-order valence-corrected chi connectivity index (χ4v) is 27.0. The molecule has 0 saturated carbocycles. The quantitative estimate of drug-likeness (QED) is 0.0499. The summed E-state index contributed by atoms with van der Waals surface area (Å²) in [7, 11) is -3.11. The summed E-state index contributed by atoms with van der Waals surface area (Å²) < 4.78 is 0. The summed E-state index contributed by atoms with van der Waals surface area (Å²) in [6, 6.07) is 119. The molecule has 7 nitrogen and oxygen atoms in total. The molecule has 0 saturated heterocycles. The van der Waals surface area contributed by atoms with Gasteiger partial charge in [-0.25, -0.2) is 0 Å². The molecule has 0 fully saturated rings. The molecule has 12 aromatic rings. The van der Waals surface area contributed by atoms with Crippen LogP contribution in [0.15, 0.2) is 291 Å². The normalized spacial score (nSPS) is 16.9. The molecule has 0 bridgehead atoms. The van der Waals surface area contributed by atoms with Crippen molar-refractivity contribution < 1.29 is 17.1 Å². The Morgan fingerprint density at radius 3 is 0.626 bits per heavy atom. The molecule has 4 heterocycles. The summed E-state index contributed by atoms with van der Waals surface area (Å²) in [5.74, 6) is 0. The van der Waals surface area contributed by atoms with Gasteiger partial charge >= 0.3 is 17.1 Å². The van der Waals surface area contributed by atoms with Crippen LogP contribution in [0.5, 0.6) is 0 Å². The number of benzene rings is 12. The first-order valence-corrected chi connectivity index (χ1v) is 46.6. The van der Waals surface area contributed by atoms with Crippen molar-refractivity contribution in [2.45, 2.75) is 158 Å². The molecule has 4 N–H and O–H groups in total. The molecule has 20 heteroatoms. The van der Waals surface area contributed by atoms with Crippen LogP contribution in [0, 0.1) is 89.4 Å². The van der Waals surface area contributed by atoms with Gasteiger partial charge in [-0.05, 0) is 223 Å². The Labute approximate surface area is 809 Å². The Balaban J connectivity index is 0.000000708. The van der Waals surface area contributed by atoms with Crippen molar-refractivity contribution >= 4 is 182 Å². The number of nitrogens with one attached hydrogen (secondary N) is 4. The predicted molar refractivity (Wildman–Crippen MR) is 579 cm³/mol. The molecular weight excluding hydrogens is 1770 g/mol. The summed E-state index contributed by atoms with van der Waals surface area (Å²) in [5.41, 5.74) is 22.3. The average molecular weight is 1900 g/mol. The second kappa shape index (κ2) is 56.3. The summed E-state index contributed by atoms with van der Waals surface area (Å²) >= 11 is 0. The molecule has 0 amide bonds. The van der Waals surface area contributed by atoms with E-state index in [1.807, 2.05) is 0 Å². The van der Waals surface area contributed by atoms with Crippen LogP contribution >= 0.6 is 140 Å². The van der Waals surface area contributed by atoms with Crippen molar-refractivity contribution in [1.29, 1.82) is 15.8 Å². The molecule has 0 aromatic heterocycles. The average Bonchev–Trinajstić information content (AvgIpc) is 0.763. The second-order valence-electron chi connectivity index (χ2n) is 31.0. The van der Waals surface area contributed by atoms with Crippen molar-refractivity contribution in [3.63, 3.8) is 0 Å². The molecule has 12 aromatic carbocycles. The smallest absolute Gasteiger partial charge is 0.305 e. The molecule has 123 heavy (non-hydrogen) atoms. The van der Waals surface area contributed by atoms with Gasteiger partial charge in [0, 0.05) is 44.9 Å². The van der Waals surface area contributed by atoms with Gasteiger partial charge in [0.05, 0.1) is 91.8 Å². The van der Waals surface area contributed by atoms with Gasteiger partial charge < -0.3 is 21.3 Å². The zero-order valence-corrected chi connectivity index (χ0v) is 85.0. The van der Waals surface area contributed by atoms with E-state index in [-0.39, 0.29) is 157 Å². The molecule has 0 aliphatic carbocycles. The SMILES string of the molecule is C.CC#N.CC#N.CC#N.Cc1ccc(P(C[C@@H]2Cc3ccccc3[C@@H]([C@H]3N[C@H](CP(c4ccc(C)cc4)c4ccc(C)cc4)Cc4ccccc43)N2)c2ccc(C)cc2)cc1.Cc1ccc([PH+](C[C@@H]2Cc3ccccc3[C@@H]([C@H]3N[C@H](C[PH+](c4ccc(C)cc4)c4ccc(C)cc4)Cc4ccccc43)N2)c2ccc(C)cc2)cc1.S.S.S.S.S.S.S.S.[Fe+2]. The number of fused-ring (bicyclic) bond motifs is 4. The van der Waals surface area contributed by atoms with Crippen LogP contribution in [0.4, 0.5) is 0 Å². The third-order valence-corrected chi connectivity index (χ3v) is 33.7. The number of nitriles is 3. The Bertz CT molecular complexity index is 4390. The third-order valence-electron chi connectivity index (χ3n) is 22.4. The van der Waals surface area contributed by atoms with E-state index in [0.717, 1.165) is 50.3 Å².